The molecule has 31 heavy (non-hydrogen) atoms. The molecule has 2 rings (SSSR count). The van der Waals surface area contributed by atoms with Crippen LogP contribution in [0.5, 0.6) is 0 Å². The van der Waals surface area contributed by atoms with E-state index in [4.69, 9.17) is 5.73 Å². The largest absolute Gasteiger partial charge is 0.354 e. The van der Waals surface area contributed by atoms with Crippen LogP contribution in [0.25, 0.3) is 0 Å². The Labute approximate surface area is 182 Å². The SMILES string of the molecule is C=C1CCNC(=O)C(Cc2ccccc2)NC(=O)CNC(=O)CNC(=O)C1CCCN. The van der Waals surface area contributed by atoms with E-state index >= 15 is 0 Å². The van der Waals surface area contributed by atoms with E-state index in [0.29, 0.717) is 37.8 Å². The van der Waals surface area contributed by atoms with Crippen molar-refractivity contribution in [2.75, 3.05) is 26.2 Å². The Morgan fingerprint density at radius 2 is 1.65 bits per heavy atom. The summed E-state index contributed by atoms with van der Waals surface area (Å²) in [6.07, 6.45) is 1.85. The highest BCUT2D eigenvalue weighted by Gasteiger charge is 2.24. The summed E-state index contributed by atoms with van der Waals surface area (Å²) in [5.74, 6) is -2.14. The maximum atomic E-state index is 12.8. The quantitative estimate of drug-likeness (QED) is 0.397. The Morgan fingerprint density at radius 1 is 0.935 bits per heavy atom. The summed E-state index contributed by atoms with van der Waals surface area (Å²) in [6, 6.07) is 8.54. The van der Waals surface area contributed by atoms with E-state index in [0.717, 1.165) is 5.56 Å². The molecule has 168 valence electrons. The Hall–Kier alpha value is -3.20. The number of hydrogen-bond donors (Lipinski definition) is 5. The molecule has 1 aliphatic rings. The average molecular weight is 430 g/mol. The Balaban J connectivity index is 2.14. The zero-order chi connectivity index (χ0) is 22.6. The Kier molecular flexibility index (Phi) is 9.70. The van der Waals surface area contributed by atoms with Crippen molar-refractivity contribution in [2.24, 2.45) is 11.7 Å². The molecule has 0 bridgehead atoms. The Morgan fingerprint density at radius 3 is 2.35 bits per heavy atom. The molecule has 2 unspecified atom stereocenters. The predicted molar refractivity (Wildman–Crippen MR) is 117 cm³/mol. The molecule has 9 nitrogen and oxygen atoms in total. The fourth-order valence-electron chi connectivity index (χ4n) is 3.32. The van der Waals surface area contributed by atoms with E-state index < -0.39 is 23.8 Å². The normalized spacial score (nSPS) is 21.8. The molecule has 1 aromatic rings. The lowest BCUT2D eigenvalue weighted by atomic mass is 9.92. The third-order valence-corrected chi connectivity index (χ3v) is 5.06. The fraction of sp³-hybridized carbons (Fsp3) is 0.455. The van der Waals surface area contributed by atoms with Crippen molar-refractivity contribution in [1.29, 1.82) is 0 Å². The maximum absolute atomic E-state index is 12.8. The van der Waals surface area contributed by atoms with Gasteiger partial charge in [-0.15, -0.1) is 0 Å². The van der Waals surface area contributed by atoms with Gasteiger partial charge in [0.05, 0.1) is 19.0 Å². The van der Waals surface area contributed by atoms with Gasteiger partial charge < -0.3 is 27.0 Å². The fourth-order valence-corrected chi connectivity index (χ4v) is 3.32. The highest BCUT2D eigenvalue weighted by atomic mass is 16.2. The summed E-state index contributed by atoms with van der Waals surface area (Å²) in [4.78, 5) is 49.6. The van der Waals surface area contributed by atoms with Gasteiger partial charge in [-0.1, -0.05) is 42.5 Å². The summed E-state index contributed by atoms with van der Waals surface area (Å²) in [6.45, 7) is 4.18. The summed E-state index contributed by atoms with van der Waals surface area (Å²) >= 11 is 0. The molecule has 2 atom stereocenters. The van der Waals surface area contributed by atoms with Crippen LogP contribution in [-0.2, 0) is 25.6 Å². The monoisotopic (exact) mass is 429 g/mol. The first-order valence-electron chi connectivity index (χ1n) is 10.4. The predicted octanol–water partition coefficient (Wildman–Crippen LogP) is -0.622. The zero-order valence-corrected chi connectivity index (χ0v) is 17.6. The molecular weight excluding hydrogens is 398 g/mol. The molecule has 9 heteroatoms. The van der Waals surface area contributed by atoms with Gasteiger partial charge in [-0.25, -0.2) is 0 Å². The molecule has 0 radical (unpaired) electrons. The van der Waals surface area contributed by atoms with Crippen LogP contribution in [0.4, 0.5) is 0 Å². The van der Waals surface area contributed by atoms with Crippen molar-refractivity contribution < 1.29 is 19.2 Å². The number of rotatable bonds is 5. The van der Waals surface area contributed by atoms with Gasteiger partial charge in [0.2, 0.25) is 23.6 Å². The van der Waals surface area contributed by atoms with Crippen LogP contribution in [-0.4, -0.2) is 55.8 Å². The topological polar surface area (TPSA) is 142 Å². The van der Waals surface area contributed by atoms with Gasteiger partial charge in [-0.2, -0.15) is 0 Å². The molecule has 0 saturated carbocycles. The minimum absolute atomic E-state index is 0.247. The van der Waals surface area contributed by atoms with Crippen molar-refractivity contribution in [3.05, 3.63) is 48.0 Å². The summed E-state index contributed by atoms with van der Waals surface area (Å²) < 4.78 is 0. The van der Waals surface area contributed by atoms with Gasteiger partial charge in [0.1, 0.15) is 6.04 Å². The second kappa shape index (κ2) is 12.5. The molecular formula is C22H31N5O4. The number of nitrogens with two attached hydrogens (primary N) is 1. The molecule has 0 aromatic heterocycles. The van der Waals surface area contributed by atoms with Crippen LogP contribution in [0.15, 0.2) is 42.5 Å². The molecule has 1 aromatic carbocycles. The van der Waals surface area contributed by atoms with E-state index in [9.17, 15) is 19.2 Å². The number of nitrogens with one attached hydrogen (secondary N) is 4. The van der Waals surface area contributed by atoms with Crippen LogP contribution in [0.1, 0.15) is 24.8 Å². The Bertz CT molecular complexity index is 796. The maximum Gasteiger partial charge on any atom is 0.242 e. The minimum Gasteiger partial charge on any atom is -0.354 e. The number of benzene rings is 1. The van der Waals surface area contributed by atoms with E-state index in [1.807, 2.05) is 30.3 Å². The third kappa shape index (κ3) is 8.21. The van der Waals surface area contributed by atoms with E-state index in [-0.39, 0.29) is 31.4 Å². The first kappa shape index (κ1) is 24.1. The standard InChI is InChI=1S/C22H31N5O4/c1-15-9-11-24-22(31)18(12-16-6-3-2-4-7-16)27-20(29)14-25-19(28)13-26-21(30)17(15)8-5-10-23/h2-4,6-7,17-18H,1,5,8-14,23H2,(H,24,31)(H,25,28)(H,26,30)(H,27,29). The van der Waals surface area contributed by atoms with Gasteiger partial charge in [-0.3, -0.25) is 19.2 Å². The smallest absolute Gasteiger partial charge is 0.242 e. The van der Waals surface area contributed by atoms with Crippen molar-refractivity contribution in [2.45, 2.75) is 31.7 Å². The van der Waals surface area contributed by atoms with Crippen LogP contribution < -0.4 is 27.0 Å². The highest BCUT2D eigenvalue weighted by molar-refractivity contribution is 5.92. The second-order valence-electron chi connectivity index (χ2n) is 7.49. The van der Waals surface area contributed by atoms with Crippen molar-refractivity contribution in [3.8, 4) is 0 Å². The zero-order valence-electron chi connectivity index (χ0n) is 17.6. The number of hydrogen-bond acceptors (Lipinski definition) is 5. The molecule has 4 amide bonds. The van der Waals surface area contributed by atoms with E-state index in [1.165, 1.54) is 0 Å². The molecule has 0 spiro atoms. The molecule has 1 saturated heterocycles. The second-order valence-corrected chi connectivity index (χ2v) is 7.49. The van der Waals surface area contributed by atoms with Gasteiger partial charge in [0, 0.05) is 13.0 Å². The number of carbonyl (C=O) groups is 4. The summed E-state index contributed by atoms with van der Waals surface area (Å²) in [7, 11) is 0. The van der Waals surface area contributed by atoms with Crippen molar-refractivity contribution in [3.63, 3.8) is 0 Å². The minimum atomic E-state index is -0.794. The van der Waals surface area contributed by atoms with Crippen molar-refractivity contribution in [1.82, 2.24) is 21.3 Å². The summed E-state index contributed by atoms with van der Waals surface area (Å²) in [5, 5.41) is 10.5. The lowest BCUT2D eigenvalue weighted by molar-refractivity contribution is -0.130. The first-order chi connectivity index (χ1) is 14.9. The van der Waals surface area contributed by atoms with Crippen LogP contribution in [0.2, 0.25) is 0 Å². The van der Waals surface area contributed by atoms with Crippen molar-refractivity contribution >= 4 is 23.6 Å². The first-order valence-corrected chi connectivity index (χ1v) is 10.4. The van der Waals surface area contributed by atoms with Crippen LogP contribution in [0, 0.1) is 5.92 Å². The molecule has 0 aliphatic carbocycles. The van der Waals surface area contributed by atoms with Gasteiger partial charge in [-0.05, 0) is 31.4 Å². The van der Waals surface area contributed by atoms with Gasteiger partial charge in [0.15, 0.2) is 0 Å². The van der Waals surface area contributed by atoms with Gasteiger partial charge in [0.25, 0.3) is 0 Å². The molecule has 6 N–H and O–H groups in total. The molecule has 1 aliphatic heterocycles. The lowest BCUT2D eigenvalue weighted by Gasteiger charge is -2.20. The van der Waals surface area contributed by atoms with Crippen LogP contribution in [0.3, 0.4) is 0 Å². The highest BCUT2D eigenvalue weighted by Crippen LogP contribution is 2.18. The molecule has 1 heterocycles. The average Bonchev–Trinajstić information content (AvgIpc) is 2.76. The molecule has 1 fully saturated rings. The third-order valence-electron chi connectivity index (χ3n) is 5.06. The number of amides is 4. The lowest BCUT2D eigenvalue weighted by Crippen LogP contribution is -2.51. The summed E-state index contributed by atoms with van der Waals surface area (Å²) in [5.41, 5.74) is 7.13. The van der Waals surface area contributed by atoms with E-state index in [2.05, 4.69) is 27.8 Å². The number of carbonyl (C=O) groups excluding carboxylic acids is 4. The van der Waals surface area contributed by atoms with Gasteiger partial charge >= 0.3 is 0 Å². The van der Waals surface area contributed by atoms with Crippen LogP contribution >= 0.6 is 0 Å². The van der Waals surface area contributed by atoms with E-state index in [1.54, 1.807) is 0 Å².